The molecule has 0 spiro atoms. The SMILES string of the molecule is CN(C)CCC1Oc2cc(F)c(OC3CN(C(=O)N4N=CCC4c4cc(F)cc(F)c4)C3)cc2NC1=O. The maximum absolute atomic E-state index is 14.7. The number of carbonyl (C=O) groups is 2. The number of benzene rings is 2. The molecule has 9 nitrogen and oxygen atoms in total. The summed E-state index contributed by atoms with van der Waals surface area (Å²) in [6.45, 7) is 0.971. The van der Waals surface area contributed by atoms with E-state index in [-0.39, 0.29) is 30.5 Å². The van der Waals surface area contributed by atoms with Crippen LogP contribution in [0.15, 0.2) is 35.4 Å². The van der Waals surface area contributed by atoms with Crippen molar-refractivity contribution in [2.75, 3.05) is 39.0 Å². The first kappa shape index (κ1) is 24.9. The van der Waals surface area contributed by atoms with Gasteiger partial charge in [-0.3, -0.25) is 4.79 Å². The molecule has 0 saturated carbocycles. The molecule has 1 saturated heterocycles. The van der Waals surface area contributed by atoms with Gasteiger partial charge < -0.3 is 24.6 Å². The van der Waals surface area contributed by atoms with Gasteiger partial charge in [-0.25, -0.2) is 23.0 Å². The molecule has 1 fully saturated rings. The molecule has 2 unspecified atom stereocenters. The summed E-state index contributed by atoms with van der Waals surface area (Å²) in [6, 6.07) is 4.60. The Kier molecular flexibility index (Phi) is 6.67. The van der Waals surface area contributed by atoms with Crippen LogP contribution in [-0.4, -0.2) is 78.9 Å². The molecule has 2 aromatic rings. The topological polar surface area (TPSA) is 86.7 Å². The Morgan fingerprint density at radius 3 is 2.59 bits per heavy atom. The summed E-state index contributed by atoms with van der Waals surface area (Å²) in [4.78, 5) is 28.7. The molecule has 196 valence electrons. The number of hydrazone groups is 1. The Morgan fingerprint density at radius 1 is 1.16 bits per heavy atom. The number of rotatable bonds is 6. The Labute approximate surface area is 211 Å². The number of fused-ring (bicyclic) bond motifs is 1. The van der Waals surface area contributed by atoms with E-state index in [1.807, 2.05) is 19.0 Å². The van der Waals surface area contributed by atoms with Gasteiger partial charge in [0.2, 0.25) is 0 Å². The van der Waals surface area contributed by atoms with Crippen LogP contribution >= 0.6 is 0 Å². The Bertz CT molecular complexity index is 1230. The average Bonchev–Trinajstić information content (AvgIpc) is 3.29. The first-order chi connectivity index (χ1) is 17.7. The molecule has 2 aromatic carbocycles. The van der Waals surface area contributed by atoms with Crippen LogP contribution in [0.3, 0.4) is 0 Å². The van der Waals surface area contributed by atoms with Gasteiger partial charge in [0.25, 0.3) is 5.91 Å². The number of amides is 3. The number of hydrogen-bond acceptors (Lipinski definition) is 6. The second-order valence-electron chi connectivity index (χ2n) is 9.49. The summed E-state index contributed by atoms with van der Waals surface area (Å²) < 4.78 is 53.5. The molecular formula is C25H26F3N5O4. The lowest BCUT2D eigenvalue weighted by Crippen LogP contribution is -2.58. The van der Waals surface area contributed by atoms with Gasteiger partial charge in [0.15, 0.2) is 17.7 Å². The zero-order valence-corrected chi connectivity index (χ0v) is 20.3. The second-order valence-corrected chi connectivity index (χ2v) is 9.49. The number of urea groups is 1. The maximum Gasteiger partial charge on any atom is 0.341 e. The Balaban J connectivity index is 1.19. The maximum atomic E-state index is 14.7. The molecule has 3 aliphatic heterocycles. The van der Waals surface area contributed by atoms with E-state index >= 15 is 0 Å². The predicted molar refractivity (Wildman–Crippen MR) is 128 cm³/mol. The quantitative estimate of drug-likeness (QED) is 0.635. The molecule has 5 rings (SSSR count). The van der Waals surface area contributed by atoms with Crippen LogP contribution in [0.4, 0.5) is 23.7 Å². The fourth-order valence-corrected chi connectivity index (χ4v) is 4.44. The number of carbonyl (C=O) groups excluding carboxylic acids is 2. The van der Waals surface area contributed by atoms with Crippen molar-refractivity contribution in [1.82, 2.24) is 14.8 Å². The van der Waals surface area contributed by atoms with Crippen molar-refractivity contribution >= 4 is 23.8 Å². The van der Waals surface area contributed by atoms with Crippen molar-refractivity contribution in [3.05, 3.63) is 53.3 Å². The van der Waals surface area contributed by atoms with Crippen LogP contribution < -0.4 is 14.8 Å². The molecule has 0 radical (unpaired) electrons. The number of hydrogen-bond donors (Lipinski definition) is 1. The van der Waals surface area contributed by atoms with Crippen molar-refractivity contribution in [3.63, 3.8) is 0 Å². The molecular weight excluding hydrogens is 491 g/mol. The number of likely N-dealkylation sites (tertiary alicyclic amines) is 1. The number of nitrogens with zero attached hydrogens (tertiary/aromatic N) is 4. The molecule has 0 aromatic heterocycles. The van der Waals surface area contributed by atoms with Crippen molar-refractivity contribution in [2.24, 2.45) is 5.10 Å². The lowest BCUT2D eigenvalue weighted by molar-refractivity contribution is -0.123. The van der Waals surface area contributed by atoms with Gasteiger partial charge >= 0.3 is 6.03 Å². The predicted octanol–water partition coefficient (Wildman–Crippen LogP) is 3.37. The highest BCUT2D eigenvalue weighted by molar-refractivity contribution is 5.98. The number of halogens is 3. The lowest BCUT2D eigenvalue weighted by atomic mass is 10.0. The lowest BCUT2D eigenvalue weighted by Gasteiger charge is -2.41. The molecule has 1 N–H and O–H groups in total. The van der Waals surface area contributed by atoms with Crippen LogP contribution in [0.2, 0.25) is 0 Å². The highest BCUT2D eigenvalue weighted by Crippen LogP contribution is 2.37. The zero-order chi connectivity index (χ0) is 26.3. The van der Waals surface area contributed by atoms with Crippen molar-refractivity contribution in [2.45, 2.75) is 31.1 Å². The fourth-order valence-electron chi connectivity index (χ4n) is 4.44. The number of nitrogens with one attached hydrogen (secondary N) is 1. The van der Waals surface area contributed by atoms with Gasteiger partial charge in [-0.2, -0.15) is 5.10 Å². The van der Waals surface area contributed by atoms with E-state index in [0.29, 0.717) is 30.6 Å². The summed E-state index contributed by atoms with van der Waals surface area (Å²) in [5.74, 6) is -2.27. The van der Waals surface area contributed by atoms with Gasteiger partial charge in [-0.15, -0.1) is 0 Å². The second kappa shape index (κ2) is 9.92. The summed E-state index contributed by atoms with van der Waals surface area (Å²) in [5, 5.41) is 8.00. The van der Waals surface area contributed by atoms with E-state index in [0.717, 1.165) is 6.07 Å². The van der Waals surface area contributed by atoms with E-state index in [1.54, 1.807) is 0 Å². The Morgan fingerprint density at radius 2 is 1.89 bits per heavy atom. The fraction of sp³-hybridized carbons (Fsp3) is 0.400. The van der Waals surface area contributed by atoms with Crippen molar-refractivity contribution in [3.8, 4) is 11.5 Å². The zero-order valence-electron chi connectivity index (χ0n) is 20.3. The third-order valence-corrected chi connectivity index (χ3v) is 6.40. The highest BCUT2D eigenvalue weighted by atomic mass is 19.1. The standard InChI is InChI=1S/C25H26F3N5O4/c1-31(2)6-4-21-24(34)30-19-11-22(18(28)10-23(19)37-21)36-17-12-32(13-17)25(35)33-20(3-5-29-33)14-7-15(26)9-16(27)8-14/h5,7-11,17,20-21H,3-4,6,12-13H2,1-2H3,(H,30,34). The average molecular weight is 518 g/mol. The summed E-state index contributed by atoms with van der Waals surface area (Å²) in [7, 11) is 3.77. The van der Waals surface area contributed by atoms with Gasteiger partial charge in [0, 0.05) is 43.8 Å². The molecule has 0 bridgehead atoms. The minimum absolute atomic E-state index is 0.0706. The summed E-state index contributed by atoms with van der Waals surface area (Å²) >= 11 is 0. The van der Waals surface area contributed by atoms with Crippen LogP contribution in [0.25, 0.3) is 0 Å². The summed E-state index contributed by atoms with van der Waals surface area (Å²) in [6.07, 6.45) is 1.10. The molecule has 0 aliphatic carbocycles. The normalized spacial score (nSPS) is 21.0. The molecule has 3 aliphatic rings. The van der Waals surface area contributed by atoms with Crippen LogP contribution in [0, 0.1) is 17.5 Å². The van der Waals surface area contributed by atoms with Gasteiger partial charge in [-0.05, 0) is 31.8 Å². The van der Waals surface area contributed by atoms with Crippen LogP contribution in [-0.2, 0) is 4.79 Å². The largest absolute Gasteiger partial charge is 0.484 e. The number of ether oxygens (including phenoxy) is 2. The van der Waals surface area contributed by atoms with E-state index < -0.39 is 41.7 Å². The van der Waals surface area contributed by atoms with E-state index in [2.05, 4.69) is 10.4 Å². The van der Waals surface area contributed by atoms with Crippen molar-refractivity contribution in [1.29, 1.82) is 0 Å². The third-order valence-electron chi connectivity index (χ3n) is 6.40. The highest BCUT2D eigenvalue weighted by Gasteiger charge is 2.39. The summed E-state index contributed by atoms with van der Waals surface area (Å²) in [5.41, 5.74) is 0.618. The minimum Gasteiger partial charge on any atom is -0.484 e. The van der Waals surface area contributed by atoms with E-state index in [9.17, 15) is 22.8 Å². The molecule has 37 heavy (non-hydrogen) atoms. The molecule has 3 heterocycles. The first-order valence-corrected chi connectivity index (χ1v) is 11.9. The van der Waals surface area contributed by atoms with E-state index in [1.165, 1.54) is 40.4 Å². The van der Waals surface area contributed by atoms with Crippen LogP contribution in [0.1, 0.15) is 24.4 Å². The van der Waals surface area contributed by atoms with Gasteiger partial charge in [0.1, 0.15) is 23.5 Å². The molecule has 2 atom stereocenters. The van der Waals surface area contributed by atoms with Crippen molar-refractivity contribution < 1.29 is 32.2 Å². The minimum atomic E-state index is -0.732. The Hall–Kier alpha value is -3.80. The first-order valence-electron chi connectivity index (χ1n) is 11.9. The molecule has 3 amide bonds. The third kappa shape index (κ3) is 5.19. The van der Waals surface area contributed by atoms with Crippen LogP contribution in [0.5, 0.6) is 11.5 Å². The number of anilines is 1. The van der Waals surface area contributed by atoms with Gasteiger partial charge in [-0.1, -0.05) is 0 Å². The molecule has 12 heteroatoms. The smallest absolute Gasteiger partial charge is 0.341 e. The van der Waals surface area contributed by atoms with Gasteiger partial charge in [0.05, 0.1) is 24.8 Å². The van der Waals surface area contributed by atoms with E-state index in [4.69, 9.17) is 9.47 Å². The monoisotopic (exact) mass is 517 g/mol.